The molecule has 2 atom stereocenters. The van der Waals surface area contributed by atoms with Crippen molar-refractivity contribution in [3.05, 3.63) is 46.6 Å². The Kier molecular flexibility index (Phi) is 5.08. The van der Waals surface area contributed by atoms with Crippen LogP contribution in [0.1, 0.15) is 83.2 Å². The number of anilines is 1. The zero-order valence-corrected chi connectivity index (χ0v) is 21.0. The molecule has 4 aliphatic rings. The van der Waals surface area contributed by atoms with Crippen LogP contribution in [0.2, 0.25) is 0 Å². The van der Waals surface area contributed by atoms with Gasteiger partial charge in [0, 0.05) is 29.9 Å². The molecule has 2 aromatic heterocycles. The number of nitrogens with zero attached hydrogens (tertiary/aromatic N) is 4. The lowest BCUT2D eigenvalue weighted by Crippen LogP contribution is -2.39. The van der Waals surface area contributed by atoms with E-state index in [0.717, 1.165) is 47.9 Å². The number of benzene rings is 1. The molecule has 3 fully saturated rings. The van der Waals surface area contributed by atoms with E-state index < -0.39 is 0 Å². The maximum atomic E-state index is 13.5. The Morgan fingerprint density at radius 3 is 2.62 bits per heavy atom. The van der Waals surface area contributed by atoms with Crippen molar-refractivity contribution in [2.45, 2.75) is 70.0 Å². The van der Waals surface area contributed by atoms with Crippen molar-refractivity contribution in [1.29, 1.82) is 0 Å². The van der Waals surface area contributed by atoms with Crippen molar-refractivity contribution >= 4 is 23.3 Å². The quantitative estimate of drug-likeness (QED) is 0.436. The Labute approximate surface area is 215 Å². The SMILES string of the molecule is CC(C1CC1)N1Cc2cc(-c3ccn4nc(N)c(C(=O)N[C@@H](CO)C5CC5)c4n3)cc(C3CC3)c2C1=O. The van der Waals surface area contributed by atoms with Gasteiger partial charge in [0.2, 0.25) is 0 Å². The van der Waals surface area contributed by atoms with Crippen LogP contribution in [0.15, 0.2) is 24.4 Å². The topological polar surface area (TPSA) is 126 Å². The molecule has 2 amide bonds. The van der Waals surface area contributed by atoms with Crippen LogP contribution in [0.3, 0.4) is 0 Å². The summed E-state index contributed by atoms with van der Waals surface area (Å²) < 4.78 is 1.52. The van der Waals surface area contributed by atoms with Gasteiger partial charge in [-0.15, -0.1) is 5.10 Å². The Morgan fingerprint density at radius 1 is 1.19 bits per heavy atom. The summed E-state index contributed by atoms with van der Waals surface area (Å²) in [6.07, 6.45) is 8.38. The van der Waals surface area contributed by atoms with E-state index in [9.17, 15) is 14.7 Å². The Morgan fingerprint density at radius 2 is 1.95 bits per heavy atom. The molecule has 0 spiro atoms. The van der Waals surface area contributed by atoms with Gasteiger partial charge in [-0.05, 0) is 92.5 Å². The smallest absolute Gasteiger partial charge is 0.259 e. The molecule has 4 N–H and O–H groups in total. The third kappa shape index (κ3) is 3.87. The minimum Gasteiger partial charge on any atom is -0.394 e. The highest BCUT2D eigenvalue weighted by Gasteiger charge is 2.41. The molecule has 7 rings (SSSR count). The first-order valence-corrected chi connectivity index (χ1v) is 13.5. The molecule has 9 nitrogen and oxygen atoms in total. The first-order chi connectivity index (χ1) is 17.9. The highest BCUT2D eigenvalue weighted by molar-refractivity contribution is 6.04. The largest absolute Gasteiger partial charge is 0.394 e. The lowest BCUT2D eigenvalue weighted by Gasteiger charge is -2.24. The molecule has 9 heteroatoms. The molecule has 37 heavy (non-hydrogen) atoms. The summed E-state index contributed by atoms with van der Waals surface area (Å²) in [5.74, 6) is 1.25. The normalized spacial score (nSPS) is 20.8. The monoisotopic (exact) mass is 500 g/mol. The molecule has 1 aliphatic heterocycles. The second kappa shape index (κ2) is 8.28. The van der Waals surface area contributed by atoms with Crippen LogP contribution in [0.25, 0.3) is 16.9 Å². The molecule has 0 bridgehead atoms. The van der Waals surface area contributed by atoms with E-state index in [0.29, 0.717) is 35.6 Å². The lowest BCUT2D eigenvalue weighted by molar-refractivity contribution is 0.0696. The fourth-order valence-electron chi connectivity index (χ4n) is 5.91. The van der Waals surface area contributed by atoms with Gasteiger partial charge >= 0.3 is 0 Å². The maximum absolute atomic E-state index is 13.5. The number of nitrogens with two attached hydrogens (primary N) is 1. The van der Waals surface area contributed by atoms with E-state index in [1.807, 2.05) is 11.0 Å². The molecule has 1 aromatic carbocycles. The van der Waals surface area contributed by atoms with Crippen LogP contribution in [0.4, 0.5) is 5.82 Å². The number of rotatable bonds is 8. The Hall–Kier alpha value is -3.46. The number of carbonyl (C=O) groups excluding carboxylic acids is 2. The summed E-state index contributed by atoms with van der Waals surface area (Å²) in [5, 5.41) is 16.9. The van der Waals surface area contributed by atoms with E-state index in [1.54, 1.807) is 6.20 Å². The minimum absolute atomic E-state index is 0.109. The number of fused-ring (bicyclic) bond motifs is 2. The second-order valence-corrected chi connectivity index (χ2v) is 11.3. The van der Waals surface area contributed by atoms with Crippen LogP contribution in [0, 0.1) is 11.8 Å². The minimum atomic E-state index is -0.369. The summed E-state index contributed by atoms with van der Waals surface area (Å²) in [7, 11) is 0. The first kappa shape index (κ1) is 22.7. The number of nitrogen functional groups attached to an aromatic ring is 1. The average molecular weight is 501 g/mol. The number of aromatic nitrogens is 3. The van der Waals surface area contributed by atoms with E-state index in [-0.39, 0.29) is 41.9 Å². The Bertz CT molecular complexity index is 1440. The van der Waals surface area contributed by atoms with Crippen molar-refractivity contribution in [2.24, 2.45) is 11.8 Å². The highest BCUT2D eigenvalue weighted by atomic mass is 16.3. The summed E-state index contributed by atoms with van der Waals surface area (Å²) in [6.45, 7) is 2.71. The number of amides is 2. The molecular formula is C28H32N6O3. The fourth-order valence-corrected chi connectivity index (χ4v) is 5.91. The first-order valence-electron chi connectivity index (χ1n) is 13.5. The maximum Gasteiger partial charge on any atom is 0.259 e. The van der Waals surface area contributed by atoms with E-state index >= 15 is 0 Å². The van der Waals surface area contributed by atoms with Crippen LogP contribution in [-0.4, -0.2) is 55.1 Å². The van der Waals surface area contributed by atoms with Gasteiger partial charge in [-0.1, -0.05) is 0 Å². The number of aliphatic hydroxyl groups is 1. The van der Waals surface area contributed by atoms with Crippen molar-refractivity contribution < 1.29 is 14.7 Å². The molecule has 3 aliphatic carbocycles. The standard InChI is InChI=1S/C28H32N6O3/c1-14(15-2-3-15)33-12-19-10-18(11-20(16-4-5-16)23(19)28(33)37)21-8-9-34-26(30-21)24(25(29)32-34)27(36)31-22(13-35)17-6-7-17/h8-11,14-17,22,35H,2-7,12-13H2,1H3,(H2,29,32)(H,31,36)/t14?,22-/m0/s1. The van der Waals surface area contributed by atoms with E-state index in [1.165, 1.54) is 17.4 Å². The molecule has 3 saturated carbocycles. The van der Waals surface area contributed by atoms with Gasteiger partial charge in [-0.25, -0.2) is 9.50 Å². The van der Waals surface area contributed by atoms with Crippen LogP contribution >= 0.6 is 0 Å². The average Bonchev–Trinajstić information content (AvgIpc) is 3.74. The summed E-state index contributed by atoms with van der Waals surface area (Å²) in [5.41, 5.74) is 11.5. The molecule has 3 heterocycles. The third-order valence-corrected chi connectivity index (χ3v) is 8.62. The lowest BCUT2D eigenvalue weighted by atomic mass is 9.95. The molecule has 0 radical (unpaired) electrons. The highest BCUT2D eigenvalue weighted by Crippen LogP contribution is 2.47. The number of hydrogen-bond acceptors (Lipinski definition) is 6. The van der Waals surface area contributed by atoms with Gasteiger partial charge in [0.05, 0.1) is 18.3 Å². The second-order valence-electron chi connectivity index (χ2n) is 11.3. The zero-order valence-electron chi connectivity index (χ0n) is 21.0. The number of nitrogens with one attached hydrogen (secondary N) is 1. The van der Waals surface area contributed by atoms with Crippen molar-refractivity contribution in [3.63, 3.8) is 0 Å². The van der Waals surface area contributed by atoms with Gasteiger partial charge in [0.1, 0.15) is 5.56 Å². The Balaban J connectivity index is 1.26. The zero-order chi connectivity index (χ0) is 25.4. The number of carbonyl (C=O) groups is 2. The molecule has 3 aromatic rings. The van der Waals surface area contributed by atoms with Crippen molar-refractivity contribution in [2.75, 3.05) is 12.3 Å². The third-order valence-electron chi connectivity index (χ3n) is 8.62. The van der Waals surface area contributed by atoms with E-state index in [4.69, 9.17) is 10.7 Å². The summed E-state index contributed by atoms with van der Waals surface area (Å²) >= 11 is 0. The predicted octanol–water partition coefficient (Wildman–Crippen LogP) is 3.11. The molecule has 0 saturated heterocycles. The molecular weight excluding hydrogens is 468 g/mol. The van der Waals surface area contributed by atoms with Crippen LogP contribution < -0.4 is 11.1 Å². The van der Waals surface area contributed by atoms with Gasteiger partial charge < -0.3 is 21.1 Å². The van der Waals surface area contributed by atoms with Gasteiger partial charge in [-0.3, -0.25) is 9.59 Å². The fraction of sp³-hybridized carbons (Fsp3) is 0.500. The summed E-state index contributed by atoms with van der Waals surface area (Å²) in [6, 6.07) is 6.06. The molecule has 1 unspecified atom stereocenters. The number of aliphatic hydroxyl groups excluding tert-OH is 1. The van der Waals surface area contributed by atoms with Gasteiger partial charge in [0.15, 0.2) is 11.5 Å². The number of hydrogen-bond donors (Lipinski definition) is 3. The summed E-state index contributed by atoms with van der Waals surface area (Å²) in [4.78, 5) is 33.5. The molecule has 192 valence electrons. The predicted molar refractivity (Wildman–Crippen MR) is 138 cm³/mol. The van der Waals surface area contributed by atoms with Gasteiger partial charge in [-0.2, -0.15) is 0 Å². The van der Waals surface area contributed by atoms with Crippen LogP contribution in [0.5, 0.6) is 0 Å². The van der Waals surface area contributed by atoms with Gasteiger partial charge in [0.25, 0.3) is 11.8 Å². The van der Waals surface area contributed by atoms with Crippen molar-refractivity contribution in [3.8, 4) is 11.3 Å². The van der Waals surface area contributed by atoms with E-state index in [2.05, 4.69) is 29.5 Å². The van der Waals surface area contributed by atoms with Crippen LogP contribution in [-0.2, 0) is 6.54 Å². The van der Waals surface area contributed by atoms with Crippen molar-refractivity contribution in [1.82, 2.24) is 24.8 Å².